The Morgan fingerprint density at radius 1 is 0.698 bits per heavy atom. The number of aldehydes is 2. The lowest BCUT2D eigenvalue weighted by Gasteiger charge is -2.32. The van der Waals surface area contributed by atoms with Gasteiger partial charge in [-0.25, -0.2) is 4.79 Å². The van der Waals surface area contributed by atoms with Gasteiger partial charge in [-0.2, -0.15) is 10.5 Å². The second kappa shape index (κ2) is 21.7. The van der Waals surface area contributed by atoms with Gasteiger partial charge in [-0.05, 0) is 135 Å². The van der Waals surface area contributed by atoms with E-state index in [1.165, 1.54) is 36.1 Å². The Bertz CT molecular complexity index is 1920. The number of halogens is 1. The van der Waals surface area contributed by atoms with Crippen LogP contribution >= 0.6 is 12.4 Å². The summed E-state index contributed by atoms with van der Waals surface area (Å²) in [5, 5.41) is 29.5. The zero-order valence-electron chi connectivity index (χ0n) is 29.4. The van der Waals surface area contributed by atoms with Crippen LogP contribution < -0.4 is 5.32 Å². The number of aryl methyl sites for hydroxylation is 2. The summed E-state index contributed by atoms with van der Waals surface area (Å²) in [5.41, 5.74) is 7.40. The lowest BCUT2D eigenvalue weighted by atomic mass is 9.89. The molecule has 2 fully saturated rings. The first-order chi connectivity index (χ1) is 24.7. The molecule has 1 amide bonds. The van der Waals surface area contributed by atoms with E-state index < -0.39 is 5.97 Å². The Hall–Kier alpha value is -5.61. The summed E-state index contributed by atoms with van der Waals surface area (Å²) in [5.74, 6) is 0.0730. The Morgan fingerprint density at radius 2 is 1.11 bits per heavy atom. The molecular weight excluding hydrogens is 688 g/mol. The van der Waals surface area contributed by atoms with Gasteiger partial charge in [0.05, 0.1) is 28.8 Å². The smallest absolute Gasteiger partial charge is 0.335 e. The van der Waals surface area contributed by atoms with E-state index in [9.17, 15) is 19.2 Å². The second-order valence-corrected chi connectivity index (χ2v) is 12.7. The topological polar surface area (TPSA) is 151 Å². The number of piperidine rings is 2. The normalized spacial score (nSPS) is 13.8. The molecular formula is C43H47ClN4O5. The molecule has 0 saturated carbocycles. The summed E-state index contributed by atoms with van der Waals surface area (Å²) in [4.78, 5) is 46.5. The first kappa shape index (κ1) is 43.6. The van der Waals surface area contributed by atoms with E-state index in [1.807, 2.05) is 54.3 Å². The largest absolute Gasteiger partial charge is 0.478 e. The molecule has 0 atom stereocenters. The fourth-order valence-corrected chi connectivity index (χ4v) is 6.21. The number of benzene rings is 4. The first-order valence-corrected chi connectivity index (χ1v) is 17.0. The average molecular weight is 735 g/mol. The van der Waals surface area contributed by atoms with Crippen LogP contribution in [0.4, 0.5) is 0 Å². The lowest BCUT2D eigenvalue weighted by Crippen LogP contribution is -2.38. The Labute approximate surface area is 318 Å². The number of carboxylic acids is 1. The Kier molecular flexibility index (Phi) is 17.8. The third kappa shape index (κ3) is 12.2. The van der Waals surface area contributed by atoms with E-state index in [0.717, 1.165) is 48.9 Å². The molecule has 2 saturated heterocycles. The molecule has 2 heterocycles. The molecule has 4 aromatic carbocycles. The highest BCUT2D eigenvalue weighted by molar-refractivity contribution is 5.96. The van der Waals surface area contributed by atoms with Crippen LogP contribution in [0.15, 0.2) is 84.9 Å². The van der Waals surface area contributed by atoms with Crippen molar-refractivity contribution in [2.75, 3.05) is 26.2 Å². The number of nitrogens with one attached hydrogen (secondary N) is 1. The number of rotatable bonds is 6. The van der Waals surface area contributed by atoms with Crippen LogP contribution in [0.2, 0.25) is 0 Å². The van der Waals surface area contributed by atoms with E-state index in [2.05, 4.69) is 29.6 Å². The molecule has 0 radical (unpaired) electrons. The molecule has 6 rings (SSSR count). The monoisotopic (exact) mass is 734 g/mol. The third-order valence-corrected chi connectivity index (χ3v) is 9.45. The van der Waals surface area contributed by atoms with Crippen molar-refractivity contribution in [1.82, 2.24) is 10.2 Å². The second-order valence-electron chi connectivity index (χ2n) is 12.7. The van der Waals surface area contributed by atoms with Crippen molar-refractivity contribution in [3.05, 3.63) is 141 Å². The molecule has 0 unspecified atom stereocenters. The summed E-state index contributed by atoms with van der Waals surface area (Å²) < 4.78 is 0. The summed E-state index contributed by atoms with van der Waals surface area (Å²) in [7, 11) is 0. The number of hydrogen-bond donors (Lipinski definition) is 2. The molecule has 2 aliphatic heterocycles. The number of hydrogen-bond acceptors (Lipinski definition) is 7. The third-order valence-electron chi connectivity index (χ3n) is 9.45. The van der Waals surface area contributed by atoms with Crippen LogP contribution in [0.3, 0.4) is 0 Å². The molecule has 10 heteroatoms. The van der Waals surface area contributed by atoms with E-state index in [0.29, 0.717) is 53.5 Å². The van der Waals surface area contributed by atoms with Gasteiger partial charge in [0, 0.05) is 29.8 Å². The summed E-state index contributed by atoms with van der Waals surface area (Å²) in [6.45, 7) is 7.26. The van der Waals surface area contributed by atoms with Gasteiger partial charge in [-0.15, -0.1) is 12.4 Å². The molecule has 4 aromatic rings. The van der Waals surface area contributed by atoms with E-state index >= 15 is 0 Å². The van der Waals surface area contributed by atoms with Crippen LogP contribution in [0.1, 0.15) is 120 Å². The molecule has 276 valence electrons. The van der Waals surface area contributed by atoms with Crippen LogP contribution in [-0.4, -0.2) is 60.6 Å². The van der Waals surface area contributed by atoms with Crippen molar-refractivity contribution in [2.45, 2.75) is 58.8 Å². The average Bonchev–Trinajstić information content (AvgIpc) is 3.19. The van der Waals surface area contributed by atoms with Gasteiger partial charge in [-0.3, -0.25) is 14.4 Å². The number of likely N-dealkylation sites (tertiary alicyclic amines) is 1. The van der Waals surface area contributed by atoms with Gasteiger partial charge < -0.3 is 15.3 Å². The maximum Gasteiger partial charge on any atom is 0.335 e. The fourth-order valence-electron chi connectivity index (χ4n) is 6.21. The summed E-state index contributed by atoms with van der Waals surface area (Å²) >= 11 is 0. The highest BCUT2D eigenvalue weighted by atomic mass is 35.5. The van der Waals surface area contributed by atoms with Gasteiger partial charge in [0.25, 0.3) is 5.91 Å². The number of carboxylic acid groups (broad SMARTS) is 1. The van der Waals surface area contributed by atoms with E-state index in [1.54, 1.807) is 25.1 Å². The molecule has 9 nitrogen and oxygen atoms in total. The zero-order valence-corrected chi connectivity index (χ0v) is 30.2. The number of aromatic carboxylic acids is 1. The van der Waals surface area contributed by atoms with Gasteiger partial charge in [0.2, 0.25) is 0 Å². The molecule has 0 spiro atoms. The first-order valence-electron chi connectivity index (χ1n) is 17.0. The summed E-state index contributed by atoms with van der Waals surface area (Å²) in [6, 6.07) is 29.8. The molecule has 0 aliphatic carbocycles. The van der Waals surface area contributed by atoms with Gasteiger partial charge >= 0.3 is 5.97 Å². The highest BCUT2D eigenvalue weighted by Crippen LogP contribution is 2.29. The Morgan fingerprint density at radius 3 is 1.53 bits per heavy atom. The molecule has 2 N–H and O–H groups in total. The highest BCUT2D eigenvalue weighted by Gasteiger charge is 2.25. The maximum atomic E-state index is 12.7. The standard InChI is InChI=1S/C21H20N2O2.C12H14N2.C9H8O3.CH4.ClH/c1-15-2-5-19(12-20(15)14-24)21(25)23-10-8-18(9-11-23)17-6-3-16(13-22)4-7-17;13-9-10-1-3-11(4-2-10)12-5-7-14-8-6-12;1-6-2-3-7(9(11)12)4-8(6)5-10;;/h2-7,12,14,18H,8-11H2,1H3;1-4,12,14H,5-8H2;2-5H,1H3,(H,11,12);1H4;1H. The Balaban J connectivity index is 0.000000295. The quantitative estimate of drug-likeness (QED) is 0.188. The summed E-state index contributed by atoms with van der Waals surface area (Å²) in [6.07, 6.45) is 5.69. The lowest BCUT2D eigenvalue weighted by molar-refractivity contribution is 0.0692. The molecule has 53 heavy (non-hydrogen) atoms. The molecule has 0 aromatic heterocycles. The number of amides is 1. The number of nitrogens with zero attached hydrogens (tertiary/aromatic N) is 3. The van der Waals surface area contributed by atoms with E-state index in [-0.39, 0.29) is 31.3 Å². The number of carbonyl (C=O) groups is 4. The van der Waals surface area contributed by atoms with Gasteiger partial charge in [-0.1, -0.05) is 43.8 Å². The maximum absolute atomic E-state index is 12.7. The molecule has 0 bridgehead atoms. The van der Waals surface area contributed by atoms with Crippen LogP contribution in [-0.2, 0) is 0 Å². The zero-order chi connectivity index (χ0) is 36.8. The van der Waals surface area contributed by atoms with Crippen LogP contribution in [0, 0.1) is 36.5 Å². The minimum atomic E-state index is -1.02. The van der Waals surface area contributed by atoms with Crippen molar-refractivity contribution in [2.24, 2.45) is 0 Å². The predicted octanol–water partition coefficient (Wildman–Crippen LogP) is 8.29. The molecule has 2 aliphatic rings. The van der Waals surface area contributed by atoms with Crippen molar-refractivity contribution >= 4 is 36.9 Å². The van der Waals surface area contributed by atoms with Gasteiger partial charge in [0.15, 0.2) is 0 Å². The van der Waals surface area contributed by atoms with Crippen LogP contribution in [0.25, 0.3) is 0 Å². The van der Waals surface area contributed by atoms with Gasteiger partial charge in [0.1, 0.15) is 12.6 Å². The van der Waals surface area contributed by atoms with E-state index in [4.69, 9.17) is 15.6 Å². The SMILES string of the molecule is C.Cc1ccc(C(=O)N2CCC(c3ccc(C#N)cc3)CC2)cc1C=O.Cc1ccc(C(=O)O)cc1C=O.Cl.N#Cc1ccc(C2CCNCC2)cc1. The van der Waals surface area contributed by atoms with Crippen molar-refractivity contribution in [3.8, 4) is 12.1 Å². The number of nitriles is 2. The minimum absolute atomic E-state index is 0. The fraction of sp³-hybridized carbons (Fsp3) is 0.302. The van der Waals surface area contributed by atoms with Crippen molar-refractivity contribution in [1.29, 1.82) is 10.5 Å². The van der Waals surface area contributed by atoms with Crippen molar-refractivity contribution < 1.29 is 24.3 Å². The predicted molar refractivity (Wildman–Crippen MR) is 209 cm³/mol. The number of carbonyl (C=O) groups excluding carboxylic acids is 3. The van der Waals surface area contributed by atoms with Crippen LogP contribution in [0.5, 0.6) is 0 Å². The minimum Gasteiger partial charge on any atom is -0.478 e. The van der Waals surface area contributed by atoms with Crippen molar-refractivity contribution in [3.63, 3.8) is 0 Å².